The van der Waals surface area contributed by atoms with Gasteiger partial charge in [0.2, 0.25) is 0 Å². The third-order valence-corrected chi connectivity index (χ3v) is 3.06. The molecule has 0 saturated heterocycles. The summed E-state index contributed by atoms with van der Waals surface area (Å²) in [4.78, 5) is 11.3. The number of halogens is 2. The first kappa shape index (κ1) is 13.0. The molecule has 16 heavy (non-hydrogen) atoms. The molecule has 0 bridgehead atoms. The molecule has 0 saturated carbocycles. The van der Waals surface area contributed by atoms with Crippen molar-refractivity contribution in [1.82, 2.24) is 0 Å². The minimum atomic E-state index is -0.610. The zero-order valence-corrected chi connectivity index (χ0v) is 9.81. The highest BCUT2D eigenvalue weighted by molar-refractivity contribution is 8.00. The molecule has 0 N–H and O–H groups in total. The van der Waals surface area contributed by atoms with Crippen molar-refractivity contribution in [1.29, 1.82) is 0 Å². The van der Waals surface area contributed by atoms with Gasteiger partial charge in [-0.1, -0.05) is 6.92 Å². The number of thioether (sulfide) groups is 1. The molecule has 1 aromatic carbocycles. The van der Waals surface area contributed by atoms with Crippen molar-refractivity contribution in [3.05, 3.63) is 29.8 Å². The molecule has 0 amide bonds. The van der Waals surface area contributed by atoms with Crippen LogP contribution >= 0.6 is 11.8 Å². The lowest BCUT2D eigenvalue weighted by molar-refractivity contribution is -0.140. The lowest BCUT2D eigenvalue weighted by Gasteiger charge is -2.10. The van der Waals surface area contributed by atoms with E-state index in [-0.39, 0.29) is 17.6 Å². The van der Waals surface area contributed by atoms with Gasteiger partial charge in [-0.25, -0.2) is 8.78 Å². The molecular weight excluding hydrogens is 234 g/mol. The third kappa shape index (κ3) is 3.81. The van der Waals surface area contributed by atoms with Crippen LogP contribution in [-0.4, -0.2) is 18.3 Å². The maximum atomic E-state index is 13.3. The van der Waals surface area contributed by atoms with Gasteiger partial charge in [0.25, 0.3) is 0 Å². The second-order valence-corrected chi connectivity index (χ2v) is 4.76. The fraction of sp³-hybridized carbons (Fsp3) is 0.364. The van der Waals surface area contributed by atoms with E-state index in [1.807, 2.05) is 0 Å². The van der Waals surface area contributed by atoms with E-state index in [9.17, 15) is 13.6 Å². The molecule has 0 aromatic heterocycles. The predicted molar refractivity (Wildman–Crippen MR) is 58.3 cm³/mol. The Morgan fingerprint density at radius 1 is 1.50 bits per heavy atom. The van der Waals surface area contributed by atoms with Crippen molar-refractivity contribution in [2.45, 2.75) is 23.5 Å². The van der Waals surface area contributed by atoms with E-state index in [0.29, 0.717) is 4.90 Å². The van der Waals surface area contributed by atoms with Crippen molar-refractivity contribution in [2.24, 2.45) is 0 Å². The van der Waals surface area contributed by atoms with Gasteiger partial charge in [0, 0.05) is 16.2 Å². The van der Waals surface area contributed by atoms with E-state index < -0.39 is 11.6 Å². The number of methoxy groups -OCH3 is 1. The lowest BCUT2D eigenvalue weighted by atomic mass is 10.3. The number of hydrogen-bond donors (Lipinski definition) is 0. The molecule has 1 aromatic rings. The summed E-state index contributed by atoms with van der Waals surface area (Å²) in [5, 5.41) is -0.118. The maximum Gasteiger partial charge on any atom is 0.306 e. The van der Waals surface area contributed by atoms with Gasteiger partial charge in [0.15, 0.2) is 0 Å². The van der Waals surface area contributed by atoms with Gasteiger partial charge in [-0.2, -0.15) is 0 Å². The molecule has 0 spiro atoms. The minimum Gasteiger partial charge on any atom is -0.469 e. The molecule has 88 valence electrons. The second-order valence-electron chi connectivity index (χ2n) is 3.28. The quantitative estimate of drug-likeness (QED) is 0.603. The summed E-state index contributed by atoms with van der Waals surface area (Å²) >= 11 is 1.18. The fourth-order valence-corrected chi connectivity index (χ4v) is 2.12. The van der Waals surface area contributed by atoms with E-state index in [4.69, 9.17) is 0 Å². The summed E-state index contributed by atoms with van der Waals surface area (Å²) in [5.74, 6) is -1.56. The van der Waals surface area contributed by atoms with Gasteiger partial charge in [0.05, 0.1) is 13.5 Å². The summed E-state index contributed by atoms with van der Waals surface area (Å²) in [5.41, 5.74) is 0. The van der Waals surface area contributed by atoms with Gasteiger partial charge in [-0.05, 0) is 12.1 Å². The zero-order chi connectivity index (χ0) is 12.1. The first-order valence-electron chi connectivity index (χ1n) is 4.71. The van der Waals surface area contributed by atoms with Gasteiger partial charge in [-0.15, -0.1) is 11.8 Å². The summed E-state index contributed by atoms with van der Waals surface area (Å²) in [7, 11) is 1.30. The van der Waals surface area contributed by atoms with Crippen molar-refractivity contribution in [3.8, 4) is 0 Å². The van der Waals surface area contributed by atoms with Crippen LogP contribution in [-0.2, 0) is 9.53 Å². The van der Waals surface area contributed by atoms with Crippen LogP contribution in [0.5, 0.6) is 0 Å². The molecule has 0 heterocycles. The average molecular weight is 246 g/mol. The average Bonchev–Trinajstić information content (AvgIpc) is 2.22. The Hall–Kier alpha value is -1.10. The molecule has 1 rings (SSSR count). The molecule has 0 aliphatic rings. The molecule has 2 nitrogen and oxygen atoms in total. The number of carbonyl (C=O) groups excluding carboxylic acids is 1. The third-order valence-electron chi connectivity index (χ3n) is 1.90. The molecule has 1 unspecified atom stereocenters. The van der Waals surface area contributed by atoms with Crippen LogP contribution in [0.25, 0.3) is 0 Å². The lowest BCUT2D eigenvalue weighted by Crippen LogP contribution is -2.08. The molecule has 0 aliphatic heterocycles. The maximum absolute atomic E-state index is 13.3. The van der Waals surface area contributed by atoms with E-state index in [1.54, 1.807) is 6.92 Å². The highest BCUT2D eigenvalue weighted by Gasteiger charge is 2.13. The number of esters is 1. The Labute approximate surface area is 97.0 Å². The highest BCUT2D eigenvalue weighted by atomic mass is 32.2. The molecule has 5 heteroatoms. The number of ether oxygens (including phenoxy) is 1. The Morgan fingerprint density at radius 3 is 2.75 bits per heavy atom. The molecule has 1 atom stereocenters. The van der Waals surface area contributed by atoms with Crippen molar-refractivity contribution >= 4 is 17.7 Å². The summed E-state index contributed by atoms with van der Waals surface area (Å²) in [6, 6.07) is 3.38. The number of rotatable bonds is 4. The van der Waals surface area contributed by atoms with Crippen molar-refractivity contribution in [3.63, 3.8) is 0 Å². The topological polar surface area (TPSA) is 26.3 Å². The van der Waals surface area contributed by atoms with Crippen LogP contribution in [0.2, 0.25) is 0 Å². The predicted octanol–water partition coefficient (Wildman–Crippen LogP) is 3.01. The van der Waals surface area contributed by atoms with Crippen LogP contribution in [0.4, 0.5) is 8.78 Å². The Kier molecular flexibility index (Phi) is 4.73. The molecule has 0 radical (unpaired) electrons. The van der Waals surface area contributed by atoms with Gasteiger partial charge >= 0.3 is 5.97 Å². The summed E-state index contributed by atoms with van der Waals surface area (Å²) in [6.07, 6.45) is 0.192. The fourth-order valence-electron chi connectivity index (χ4n) is 1.15. The standard InChI is InChI=1S/C11H12F2O2S/c1-7(5-11(14)15-2)16-10-4-3-8(12)6-9(10)13/h3-4,6-7H,5H2,1-2H3. The number of benzene rings is 1. The normalized spacial score (nSPS) is 12.2. The van der Waals surface area contributed by atoms with Crippen LogP contribution in [0.3, 0.4) is 0 Å². The van der Waals surface area contributed by atoms with E-state index in [1.165, 1.54) is 31.0 Å². The van der Waals surface area contributed by atoms with Gasteiger partial charge < -0.3 is 4.74 Å². The molecule has 0 aliphatic carbocycles. The Bertz CT molecular complexity index is 382. The van der Waals surface area contributed by atoms with Crippen LogP contribution in [0.15, 0.2) is 23.1 Å². The SMILES string of the molecule is COC(=O)CC(C)Sc1ccc(F)cc1F. The number of carbonyl (C=O) groups is 1. The smallest absolute Gasteiger partial charge is 0.306 e. The zero-order valence-electron chi connectivity index (χ0n) is 9.00. The van der Waals surface area contributed by atoms with Crippen molar-refractivity contribution in [2.75, 3.05) is 7.11 Å². The first-order valence-corrected chi connectivity index (χ1v) is 5.59. The van der Waals surface area contributed by atoms with E-state index >= 15 is 0 Å². The Morgan fingerprint density at radius 2 is 2.19 bits per heavy atom. The molecule has 0 fully saturated rings. The van der Waals surface area contributed by atoms with Crippen LogP contribution in [0, 0.1) is 11.6 Å². The monoisotopic (exact) mass is 246 g/mol. The Balaban J connectivity index is 2.62. The number of hydrogen-bond acceptors (Lipinski definition) is 3. The largest absolute Gasteiger partial charge is 0.469 e. The van der Waals surface area contributed by atoms with Crippen LogP contribution in [0.1, 0.15) is 13.3 Å². The van der Waals surface area contributed by atoms with Crippen molar-refractivity contribution < 1.29 is 18.3 Å². The summed E-state index contributed by atoms with van der Waals surface area (Å²) in [6.45, 7) is 1.78. The minimum absolute atomic E-state index is 0.118. The summed E-state index contributed by atoms with van der Waals surface area (Å²) < 4.78 is 30.4. The highest BCUT2D eigenvalue weighted by Crippen LogP contribution is 2.28. The van der Waals surface area contributed by atoms with Crippen LogP contribution < -0.4 is 0 Å². The first-order chi connectivity index (χ1) is 7.52. The second kappa shape index (κ2) is 5.84. The van der Waals surface area contributed by atoms with Gasteiger partial charge in [-0.3, -0.25) is 4.79 Å². The molecular formula is C11H12F2O2S. The van der Waals surface area contributed by atoms with Gasteiger partial charge in [0.1, 0.15) is 11.6 Å². The van der Waals surface area contributed by atoms with E-state index in [2.05, 4.69) is 4.74 Å². The van der Waals surface area contributed by atoms with E-state index in [0.717, 1.165) is 6.07 Å².